The van der Waals surface area contributed by atoms with E-state index in [-0.39, 0.29) is 6.61 Å². The zero-order valence-corrected chi connectivity index (χ0v) is 11.0. The predicted molar refractivity (Wildman–Crippen MR) is 69.3 cm³/mol. The fraction of sp³-hybridized carbons (Fsp3) is 0.0833. The van der Waals surface area contributed by atoms with Gasteiger partial charge >= 0.3 is 10.1 Å². The van der Waals surface area contributed by atoms with Crippen LogP contribution in [0, 0.1) is 10.1 Å². The molecular formula is C12H10N2O5S. The zero-order chi connectivity index (χ0) is 14.6. The second kappa shape index (κ2) is 5.76. The fourth-order valence-corrected chi connectivity index (χ4v) is 2.51. The standard InChI is InChI=1S/C12H10N2O5S/c15-14(16)11-6-7-13-8-12(11)20(17,18)19-9-10-4-2-1-3-5-10/h1-8H,9H2. The lowest BCUT2D eigenvalue weighted by molar-refractivity contribution is -0.388. The number of benzene rings is 1. The largest absolute Gasteiger partial charge is 0.305 e. The number of nitrogens with zero attached hydrogens (tertiary/aromatic N) is 2. The maximum atomic E-state index is 12.0. The van der Waals surface area contributed by atoms with Crippen molar-refractivity contribution in [3.63, 3.8) is 0 Å². The van der Waals surface area contributed by atoms with E-state index in [1.807, 2.05) is 0 Å². The van der Waals surface area contributed by atoms with E-state index in [9.17, 15) is 18.5 Å². The van der Waals surface area contributed by atoms with Crippen molar-refractivity contribution in [2.24, 2.45) is 0 Å². The quantitative estimate of drug-likeness (QED) is 0.474. The molecule has 1 aromatic heterocycles. The summed E-state index contributed by atoms with van der Waals surface area (Å²) in [4.78, 5) is 13.0. The molecule has 2 aromatic rings. The molecule has 0 spiro atoms. The van der Waals surface area contributed by atoms with Gasteiger partial charge in [-0.3, -0.25) is 19.3 Å². The third-order valence-electron chi connectivity index (χ3n) is 2.45. The SMILES string of the molecule is O=[N+]([O-])c1ccncc1S(=O)(=O)OCc1ccccc1. The van der Waals surface area contributed by atoms with Gasteiger partial charge in [0.1, 0.15) is 0 Å². The number of aromatic nitrogens is 1. The molecular weight excluding hydrogens is 284 g/mol. The van der Waals surface area contributed by atoms with Gasteiger partial charge in [0.2, 0.25) is 0 Å². The van der Waals surface area contributed by atoms with Crippen LogP contribution in [0.1, 0.15) is 5.56 Å². The summed E-state index contributed by atoms with van der Waals surface area (Å²) in [6.07, 6.45) is 2.05. The van der Waals surface area contributed by atoms with Gasteiger partial charge in [0, 0.05) is 12.3 Å². The minimum atomic E-state index is -4.24. The van der Waals surface area contributed by atoms with Crippen LogP contribution in [0.2, 0.25) is 0 Å². The fourth-order valence-electron chi connectivity index (χ4n) is 1.50. The van der Waals surface area contributed by atoms with Crippen LogP contribution >= 0.6 is 0 Å². The van der Waals surface area contributed by atoms with Crippen molar-refractivity contribution in [3.05, 3.63) is 64.5 Å². The summed E-state index contributed by atoms with van der Waals surface area (Å²) in [7, 11) is -4.24. The first-order chi connectivity index (χ1) is 9.50. The van der Waals surface area contributed by atoms with E-state index in [2.05, 4.69) is 4.98 Å². The van der Waals surface area contributed by atoms with Crippen molar-refractivity contribution < 1.29 is 17.5 Å². The highest BCUT2D eigenvalue weighted by molar-refractivity contribution is 7.86. The summed E-state index contributed by atoms with van der Waals surface area (Å²) in [5.41, 5.74) is 0.0793. The Morgan fingerprint density at radius 3 is 2.55 bits per heavy atom. The van der Waals surface area contributed by atoms with Gasteiger partial charge < -0.3 is 0 Å². The number of hydrogen-bond acceptors (Lipinski definition) is 6. The van der Waals surface area contributed by atoms with Crippen LogP contribution in [0.3, 0.4) is 0 Å². The number of nitro groups is 1. The zero-order valence-electron chi connectivity index (χ0n) is 10.2. The van der Waals surface area contributed by atoms with E-state index in [1.165, 1.54) is 0 Å². The van der Waals surface area contributed by atoms with Gasteiger partial charge in [0.25, 0.3) is 5.69 Å². The van der Waals surface area contributed by atoms with Crippen molar-refractivity contribution in [2.45, 2.75) is 11.5 Å². The highest BCUT2D eigenvalue weighted by atomic mass is 32.2. The van der Waals surface area contributed by atoms with Gasteiger partial charge in [-0.15, -0.1) is 0 Å². The molecule has 104 valence electrons. The molecule has 0 N–H and O–H groups in total. The minimum absolute atomic E-state index is 0.199. The lowest BCUT2D eigenvalue weighted by atomic mass is 10.2. The Morgan fingerprint density at radius 2 is 1.90 bits per heavy atom. The second-order valence-electron chi connectivity index (χ2n) is 3.80. The molecule has 0 fully saturated rings. The molecule has 7 nitrogen and oxygen atoms in total. The van der Waals surface area contributed by atoms with Crippen LogP contribution in [0.5, 0.6) is 0 Å². The molecule has 0 amide bonds. The third-order valence-corrected chi connectivity index (χ3v) is 3.73. The highest BCUT2D eigenvalue weighted by Crippen LogP contribution is 2.24. The van der Waals surface area contributed by atoms with Crippen LogP contribution in [-0.4, -0.2) is 18.3 Å². The Hall–Kier alpha value is -2.32. The number of hydrogen-bond donors (Lipinski definition) is 0. The van der Waals surface area contributed by atoms with Gasteiger partial charge in [-0.25, -0.2) is 0 Å². The van der Waals surface area contributed by atoms with Gasteiger partial charge in [-0.05, 0) is 5.56 Å². The first kappa shape index (κ1) is 14.1. The third kappa shape index (κ3) is 3.16. The Kier molecular flexibility index (Phi) is 4.06. The molecule has 0 radical (unpaired) electrons. The van der Waals surface area contributed by atoms with Gasteiger partial charge in [-0.2, -0.15) is 8.42 Å². The molecule has 0 atom stereocenters. The van der Waals surface area contributed by atoms with Crippen molar-refractivity contribution in [2.75, 3.05) is 0 Å². The van der Waals surface area contributed by atoms with Crippen molar-refractivity contribution in [1.82, 2.24) is 4.98 Å². The van der Waals surface area contributed by atoms with Crippen LogP contribution in [-0.2, 0) is 20.9 Å². The molecule has 0 aliphatic heterocycles. The molecule has 0 aliphatic rings. The molecule has 0 aliphatic carbocycles. The molecule has 2 rings (SSSR count). The minimum Gasteiger partial charge on any atom is -0.263 e. The van der Waals surface area contributed by atoms with Gasteiger partial charge in [0.05, 0.1) is 17.7 Å². The van der Waals surface area contributed by atoms with E-state index in [4.69, 9.17) is 4.18 Å². The van der Waals surface area contributed by atoms with Crippen molar-refractivity contribution in [1.29, 1.82) is 0 Å². The first-order valence-corrected chi connectivity index (χ1v) is 6.93. The second-order valence-corrected chi connectivity index (χ2v) is 5.39. The molecule has 1 aromatic carbocycles. The normalized spacial score (nSPS) is 11.2. The molecule has 20 heavy (non-hydrogen) atoms. The molecule has 0 unspecified atom stereocenters. The highest BCUT2D eigenvalue weighted by Gasteiger charge is 2.26. The van der Waals surface area contributed by atoms with E-state index >= 15 is 0 Å². The van der Waals surface area contributed by atoms with Crippen LogP contribution in [0.25, 0.3) is 0 Å². The molecule has 0 saturated carbocycles. The topological polar surface area (TPSA) is 99.4 Å². The number of rotatable bonds is 5. The van der Waals surface area contributed by atoms with E-state index in [0.717, 1.165) is 18.5 Å². The van der Waals surface area contributed by atoms with Gasteiger partial charge in [-0.1, -0.05) is 30.3 Å². The van der Waals surface area contributed by atoms with E-state index < -0.39 is 25.6 Å². The predicted octanol–water partition coefficient (Wildman–Crippen LogP) is 1.90. The van der Waals surface area contributed by atoms with Crippen molar-refractivity contribution >= 4 is 15.8 Å². The van der Waals surface area contributed by atoms with Crippen LogP contribution in [0.15, 0.2) is 53.7 Å². The Morgan fingerprint density at radius 1 is 1.20 bits per heavy atom. The summed E-state index contributed by atoms with van der Waals surface area (Å²) < 4.78 is 28.7. The van der Waals surface area contributed by atoms with E-state index in [1.54, 1.807) is 30.3 Å². The average Bonchev–Trinajstić information content (AvgIpc) is 2.46. The summed E-state index contributed by atoms with van der Waals surface area (Å²) in [5.74, 6) is 0. The summed E-state index contributed by atoms with van der Waals surface area (Å²) >= 11 is 0. The molecule has 0 saturated heterocycles. The number of pyridine rings is 1. The smallest absolute Gasteiger partial charge is 0.263 e. The lowest BCUT2D eigenvalue weighted by Gasteiger charge is -2.05. The summed E-state index contributed by atoms with van der Waals surface area (Å²) in [5, 5.41) is 10.8. The molecule has 1 heterocycles. The Bertz CT molecular complexity index is 716. The van der Waals surface area contributed by atoms with Crippen LogP contribution in [0.4, 0.5) is 5.69 Å². The maximum Gasteiger partial charge on any atom is 0.305 e. The van der Waals surface area contributed by atoms with Crippen molar-refractivity contribution in [3.8, 4) is 0 Å². The summed E-state index contributed by atoms with van der Waals surface area (Å²) in [6, 6.07) is 9.64. The monoisotopic (exact) mass is 294 g/mol. The average molecular weight is 294 g/mol. The molecule has 0 bridgehead atoms. The first-order valence-electron chi connectivity index (χ1n) is 5.52. The lowest BCUT2D eigenvalue weighted by Crippen LogP contribution is -2.09. The summed E-state index contributed by atoms with van der Waals surface area (Å²) in [6.45, 7) is -0.199. The Balaban J connectivity index is 2.25. The van der Waals surface area contributed by atoms with Crippen LogP contribution < -0.4 is 0 Å². The van der Waals surface area contributed by atoms with E-state index in [0.29, 0.717) is 5.56 Å². The maximum absolute atomic E-state index is 12.0. The Labute approximate surface area is 115 Å². The molecule has 8 heteroatoms. The van der Waals surface area contributed by atoms with Gasteiger partial charge in [0.15, 0.2) is 4.90 Å².